The van der Waals surface area contributed by atoms with E-state index in [0.717, 1.165) is 23.6 Å². The van der Waals surface area contributed by atoms with Gasteiger partial charge in [0.1, 0.15) is 5.76 Å². The molecule has 1 fully saturated rings. The van der Waals surface area contributed by atoms with Gasteiger partial charge in [0.2, 0.25) is 0 Å². The largest absolute Gasteiger partial charge is 0.493 e. The van der Waals surface area contributed by atoms with Crippen LogP contribution < -0.4 is 9.47 Å². The first-order chi connectivity index (χ1) is 12.0. The molecule has 0 radical (unpaired) electrons. The number of halogens is 1. The van der Waals surface area contributed by atoms with E-state index in [4.69, 9.17) is 25.6 Å². The highest BCUT2D eigenvalue weighted by Crippen LogP contribution is 2.36. The second-order valence-corrected chi connectivity index (χ2v) is 6.90. The predicted octanol–water partition coefficient (Wildman–Crippen LogP) is 2.69. The summed E-state index contributed by atoms with van der Waals surface area (Å²) in [7, 11) is 3.20. The van der Waals surface area contributed by atoms with Crippen molar-refractivity contribution >= 4 is 11.6 Å². The Labute approximate surface area is 152 Å². The third-order valence-corrected chi connectivity index (χ3v) is 4.76. The van der Waals surface area contributed by atoms with Gasteiger partial charge in [-0.2, -0.15) is 0 Å². The van der Waals surface area contributed by atoms with Crippen LogP contribution in [0.3, 0.4) is 0 Å². The quantitative estimate of drug-likeness (QED) is 0.847. The van der Waals surface area contributed by atoms with Crippen LogP contribution in [0.25, 0.3) is 0 Å². The maximum absolute atomic E-state index is 10.4. The Morgan fingerprint density at radius 3 is 2.72 bits per heavy atom. The summed E-state index contributed by atoms with van der Waals surface area (Å²) in [6.07, 6.45) is 0.270. The van der Waals surface area contributed by atoms with Crippen LogP contribution >= 0.6 is 11.6 Å². The molecule has 1 aliphatic heterocycles. The van der Waals surface area contributed by atoms with E-state index < -0.39 is 6.10 Å². The monoisotopic (exact) mass is 366 g/mol. The van der Waals surface area contributed by atoms with Gasteiger partial charge in [-0.15, -0.1) is 0 Å². The molecule has 1 aromatic carbocycles. The Kier molecular flexibility index (Phi) is 5.51. The van der Waals surface area contributed by atoms with Crippen molar-refractivity contribution in [3.8, 4) is 11.5 Å². The van der Waals surface area contributed by atoms with E-state index in [9.17, 15) is 5.11 Å². The van der Waals surface area contributed by atoms with Crippen molar-refractivity contribution in [2.24, 2.45) is 5.92 Å². The molecule has 0 spiro atoms. The van der Waals surface area contributed by atoms with Gasteiger partial charge in [-0.1, -0.05) is 16.8 Å². The van der Waals surface area contributed by atoms with Gasteiger partial charge in [-0.25, -0.2) is 0 Å². The highest BCUT2D eigenvalue weighted by atomic mass is 35.5. The maximum atomic E-state index is 10.4. The van der Waals surface area contributed by atoms with Gasteiger partial charge >= 0.3 is 0 Å². The lowest BCUT2D eigenvalue weighted by molar-refractivity contribution is 0.137. The number of aromatic nitrogens is 1. The zero-order chi connectivity index (χ0) is 18.0. The molecule has 0 saturated carbocycles. The zero-order valence-corrected chi connectivity index (χ0v) is 15.4. The molecular formula is C18H23ClN2O4. The molecule has 1 saturated heterocycles. The highest BCUT2D eigenvalue weighted by Gasteiger charge is 2.32. The number of aliphatic hydroxyl groups excluding tert-OH is 1. The molecule has 0 amide bonds. The number of aliphatic hydroxyl groups is 1. The Hall–Kier alpha value is -1.76. The number of benzene rings is 1. The average molecular weight is 367 g/mol. The van der Waals surface area contributed by atoms with E-state index in [1.807, 2.05) is 19.1 Å². The maximum Gasteiger partial charge on any atom is 0.165 e. The lowest BCUT2D eigenvalue weighted by Crippen LogP contribution is -2.21. The van der Waals surface area contributed by atoms with Crippen LogP contribution in [-0.2, 0) is 13.0 Å². The summed E-state index contributed by atoms with van der Waals surface area (Å²) in [5.41, 5.74) is 1.80. The van der Waals surface area contributed by atoms with E-state index >= 15 is 0 Å². The van der Waals surface area contributed by atoms with Gasteiger partial charge in [-0.05, 0) is 13.0 Å². The standard InChI is InChI=1S/C18H23ClN2O4/c1-11-4-15(25-20-11)6-12-8-21(10-16(12)22)9-13-5-14(19)7-17(23-2)18(13)24-3/h4-5,7,12,16,22H,6,8-10H2,1-3H3/t12-,16-/m1/s1. The van der Waals surface area contributed by atoms with Crippen LogP contribution in [0.15, 0.2) is 22.7 Å². The summed E-state index contributed by atoms with van der Waals surface area (Å²) in [5, 5.41) is 14.9. The van der Waals surface area contributed by atoms with E-state index in [2.05, 4.69) is 10.1 Å². The van der Waals surface area contributed by atoms with E-state index in [1.165, 1.54) is 0 Å². The lowest BCUT2D eigenvalue weighted by Gasteiger charge is -2.19. The summed E-state index contributed by atoms with van der Waals surface area (Å²) < 4.78 is 16.1. The summed E-state index contributed by atoms with van der Waals surface area (Å²) in [6, 6.07) is 5.53. The molecule has 2 aromatic rings. The normalized spacial score (nSPS) is 20.8. The average Bonchev–Trinajstić information content (AvgIpc) is 3.13. The molecule has 2 heterocycles. The Morgan fingerprint density at radius 1 is 1.28 bits per heavy atom. The number of hydrogen-bond donors (Lipinski definition) is 1. The third-order valence-electron chi connectivity index (χ3n) is 4.54. The van der Waals surface area contributed by atoms with Crippen molar-refractivity contribution in [3.05, 3.63) is 40.2 Å². The molecular weight excluding hydrogens is 344 g/mol. The molecule has 2 atom stereocenters. The second-order valence-electron chi connectivity index (χ2n) is 6.46. The van der Waals surface area contributed by atoms with E-state index in [0.29, 0.717) is 36.0 Å². The van der Waals surface area contributed by atoms with Crippen molar-refractivity contribution in [3.63, 3.8) is 0 Å². The Balaban J connectivity index is 1.71. The fraction of sp³-hybridized carbons (Fsp3) is 0.500. The van der Waals surface area contributed by atoms with Crippen molar-refractivity contribution < 1.29 is 19.1 Å². The topological polar surface area (TPSA) is 68.0 Å². The molecule has 25 heavy (non-hydrogen) atoms. The van der Waals surface area contributed by atoms with Crippen molar-refractivity contribution in [2.75, 3.05) is 27.3 Å². The first kappa shape index (κ1) is 18.0. The molecule has 1 aromatic heterocycles. The minimum atomic E-state index is -0.405. The third kappa shape index (κ3) is 4.08. The summed E-state index contributed by atoms with van der Waals surface area (Å²) in [4.78, 5) is 2.19. The number of rotatable bonds is 6. The van der Waals surface area contributed by atoms with Crippen LogP contribution in [0.5, 0.6) is 11.5 Å². The fourth-order valence-corrected chi connectivity index (χ4v) is 3.64. The van der Waals surface area contributed by atoms with Gasteiger partial charge < -0.3 is 19.1 Å². The molecule has 136 valence electrons. The van der Waals surface area contributed by atoms with Gasteiger partial charge in [0.25, 0.3) is 0 Å². The molecule has 1 N–H and O–H groups in total. The van der Waals surface area contributed by atoms with Gasteiger partial charge in [0.15, 0.2) is 11.5 Å². The molecule has 0 aliphatic carbocycles. The van der Waals surface area contributed by atoms with E-state index in [1.54, 1.807) is 20.3 Å². The minimum Gasteiger partial charge on any atom is -0.493 e. The summed E-state index contributed by atoms with van der Waals surface area (Å²) in [5.74, 6) is 2.21. The van der Waals surface area contributed by atoms with Crippen LogP contribution in [0.4, 0.5) is 0 Å². The number of methoxy groups -OCH3 is 2. The number of likely N-dealkylation sites (tertiary alicyclic amines) is 1. The number of hydrogen-bond acceptors (Lipinski definition) is 6. The Bertz CT molecular complexity index is 734. The van der Waals surface area contributed by atoms with Crippen LogP contribution in [0, 0.1) is 12.8 Å². The van der Waals surface area contributed by atoms with Crippen LogP contribution in [-0.4, -0.2) is 48.6 Å². The number of β-amino-alcohol motifs (C(OH)–C–C–N with tert-alkyl or cyclic N) is 1. The lowest BCUT2D eigenvalue weighted by atomic mass is 10.0. The SMILES string of the molecule is COc1cc(Cl)cc(CN2C[C@@H](Cc3cc(C)no3)[C@H](O)C2)c1OC. The van der Waals surface area contributed by atoms with Crippen molar-refractivity contribution in [2.45, 2.75) is 26.0 Å². The second kappa shape index (κ2) is 7.64. The molecule has 7 heteroatoms. The smallest absolute Gasteiger partial charge is 0.165 e. The molecule has 0 unspecified atom stereocenters. The molecule has 1 aliphatic rings. The summed E-state index contributed by atoms with van der Waals surface area (Å²) in [6.45, 7) is 3.88. The molecule has 6 nitrogen and oxygen atoms in total. The fourth-order valence-electron chi connectivity index (χ4n) is 3.41. The number of aryl methyl sites for hydroxylation is 1. The van der Waals surface area contributed by atoms with Crippen LogP contribution in [0.1, 0.15) is 17.0 Å². The first-order valence-corrected chi connectivity index (χ1v) is 8.61. The van der Waals surface area contributed by atoms with Crippen LogP contribution in [0.2, 0.25) is 5.02 Å². The van der Waals surface area contributed by atoms with Gasteiger partial charge in [-0.3, -0.25) is 4.90 Å². The number of ether oxygens (including phenoxy) is 2. The van der Waals surface area contributed by atoms with Crippen molar-refractivity contribution in [1.29, 1.82) is 0 Å². The van der Waals surface area contributed by atoms with Crippen molar-refractivity contribution in [1.82, 2.24) is 10.1 Å². The first-order valence-electron chi connectivity index (χ1n) is 8.23. The zero-order valence-electron chi connectivity index (χ0n) is 14.7. The predicted molar refractivity (Wildman–Crippen MR) is 94.3 cm³/mol. The highest BCUT2D eigenvalue weighted by molar-refractivity contribution is 6.30. The van der Waals surface area contributed by atoms with Gasteiger partial charge in [0.05, 0.1) is 26.0 Å². The molecule has 3 rings (SSSR count). The minimum absolute atomic E-state index is 0.111. The number of nitrogens with zero attached hydrogens (tertiary/aromatic N) is 2. The Morgan fingerprint density at radius 2 is 2.08 bits per heavy atom. The van der Waals surface area contributed by atoms with E-state index in [-0.39, 0.29) is 5.92 Å². The van der Waals surface area contributed by atoms with Gasteiger partial charge in [0, 0.05) is 54.7 Å². The summed E-state index contributed by atoms with van der Waals surface area (Å²) >= 11 is 6.19. The molecule has 0 bridgehead atoms.